The molecule has 1 saturated carbocycles. The number of hydrogen-bond acceptors (Lipinski definition) is 1. The van der Waals surface area contributed by atoms with Gasteiger partial charge in [0.1, 0.15) is 0 Å². The van der Waals surface area contributed by atoms with Crippen molar-refractivity contribution in [2.75, 3.05) is 7.05 Å². The molecule has 0 bridgehead atoms. The highest BCUT2D eigenvalue weighted by atomic mass is 14.9. The Hall–Kier alpha value is -0.820. The van der Waals surface area contributed by atoms with Gasteiger partial charge in [0, 0.05) is 6.04 Å². The van der Waals surface area contributed by atoms with Gasteiger partial charge in [-0.2, -0.15) is 0 Å². The van der Waals surface area contributed by atoms with Crippen molar-refractivity contribution >= 4 is 0 Å². The van der Waals surface area contributed by atoms with Gasteiger partial charge < -0.3 is 5.32 Å². The maximum absolute atomic E-state index is 3.54. The normalized spacial score (nSPS) is 18.7. The van der Waals surface area contributed by atoms with Crippen LogP contribution in [0.3, 0.4) is 0 Å². The van der Waals surface area contributed by atoms with E-state index < -0.39 is 0 Å². The first-order valence-corrected chi connectivity index (χ1v) is 7.27. The van der Waals surface area contributed by atoms with Gasteiger partial charge in [-0.3, -0.25) is 0 Å². The zero-order valence-electron chi connectivity index (χ0n) is 12.5. The lowest BCUT2D eigenvalue weighted by Gasteiger charge is -2.25. The summed E-state index contributed by atoms with van der Waals surface area (Å²) in [7, 11) is 2.11. The van der Waals surface area contributed by atoms with Crippen LogP contribution >= 0.6 is 0 Å². The third kappa shape index (κ3) is 2.95. The largest absolute Gasteiger partial charge is 0.316 e. The van der Waals surface area contributed by atoms with Crippen LogP contribution in [0.1, 0.15) is 42.0 Å². The quantitative estimate of drug-likeness (QED) is 0.832. The predicted molar refractivity (Wildman–Crippen MR) is 79.1 cm³/mol. The van der Waals surface area contributed by atoms with Crippen LogP contribution in [0.25, 0.3) is 0 Å². The number of aryl methyl sites for hydroxylation is 3. The summed E-state index contributed by atoms with van der Waals surface area (Å²) in [4.78, 5) is 0. The fourth-order valence-electron chi connectivity index (χ4n) is 3.25. The average Bonchev–Trinajstić information content (AvgIpc) is 3.11. The van der Waals surface area contributed by atoms with E-state index in [-0.39, 0.29) is 0 Å². The van der Waals surface area contributed by atoms with Crippen LogP contribution in [0.2, 0.25) is 0 Å². The van der Waals surface area contributed by atoms with Crippen molar-refractivity contribution in [3.8, 4) is 0 Å². The molecular formula is C17H27N. The highest BCUT2D eigenvalue weighted by Crippen LogP contribution is 2.39. The molecule has 1 nitrogen and oxygen atoms in total. The molecule has 100 valence electrons. The van der Waals surface area contributed by atoms with Crippen LogP contribution in [-0.2, 0) is 6.42 Å². The van der Waals surface area contributed by atoms with Crippen LogP contribution < -0.4 is 5.32 Å². The van der Waals surface area contributed by atoms with E-state index in [4.69, 9.17) is 0 Å². The minimum atomic E-state index is 0.623. The van der Waals surface area contributed by atoms with Crippen LogP contribution in [0.15, 0.2) is 12.1 Å². The molecule has 0 saturated heterocycles. The summed E-state index contributed by atoms with van der Waals surface area (Å²) in [6, 6.07) is 5.26. The summed E-state index contributed by atoms with van der Waals surface area (Å²) >= 11 is 0. The predicted octanol–water partition coefficient (Wildman–Crippen LogP) is 3.79. The summed E-state index contributed by atoms with van der Waals surface area (Å²) in [5.41, 5.74) is 5.84. The van der Waals surface area contributed by atoms with Crippen LogP contribution in [0.5, 0.6) is 0 Å². The Labute approximate surface area is 112 Å². The highest BCUT2D eigenvalue weighted by Gasteiger charge is 2.32. The van der Waals surface area contributed by atoms with Gasteiger partial charge in [-0.15, -0.1) is 0 Å². The molecular weight excluding hydrogens is 218 g/mol. The van der Waals surface area contributed by atoms with Crippen molar-refractivity contribution in [1.29, 1.82) is 0 Å². The van der Waals surface area contributed by atoms with Gasteiger partial charge >= 0.3 is 0 Å². The third-order valence-electron chi connectivity index (χ3n) is 4.64. The monoisotopic (exact) mass is 245 g/mol. The molecule has 18 heavy (non-hydrogen) atoms. The number of hydrogen-bond donors (Lipinski definition) is 1. The average molecular weight is 245 g/mol. The Kier molecular flexibility index (Phi) is 4.11. The fraction of sp³-hybridized carbons (Fsp3) is 0.647. The lowest BCUT2D eigenvalue weighted by Crippen LogP contribution is -2.35. The van der Waals surface area contributed by atoms with E-state index in [1.54, 1.807) is 5.56 Å². The summed E-state index contributed by atoms with van der Waals surface area (Å²) in [5.74, 6) is 1.77. The van der Waals surface area contributed by atoms with E-state index >= 15 is 0 Å². The zero-order chi connectivity index (χ0) is 13.3. The molecule has 2 atom stereocenters. The van der Waals surface area contributed by atoms with E-state index in [0.29, 0.717) is 6.04 Å². The maximum Gasteiger partial charge on any atom is 0.0133 e. The van der Waals surface area contributed by atoms with Gasteiger partial charge in [0.25, 0.3) is 0 Å². The van der Waals surface area contributed by atoms with E-state index in [1.165, 1.54) is 36.0 Å². The molecule has 1 aromatic rings. The molecule has 1 aliphatic carbocycles. The van der Waals surface area contributed by atoms with Crippen molar-refractivity contribution in [1.82, 2.24) is 5.32 Å². The van der Waals surface area contributed by atoms with Crippen molar-refractivity contribution in [2.45, 2.75) is 53.0 Å². The van der Waals surface area contributed by atoms with Crippen LogP contribution in [-0.4, -0.2) is 13.1 Å². The van der Waals surface area contributed by atoms with Crippen molar-refractivity contribution in [3.05, 3.63) is 34.4 Å². The van der Waals surface area contributed by atoms with E-state index in [9.17, 15) is 0 Å². The summed E-state index contributed by atoms with van der Waals surface area (Å²) in [6.45, 7) is 9.11. The molecule has 1 aliphatic rings. The van der Waals surface area contributed by atoms with Gasteiger partial charge in [0.15, 0.2) is 0 Å². The lowest BCUT2D eigenvalue weighted by atomic mass is 9.87. The second kappa shape index (κ2) is 5.44. The van der Waals surface area contributed by atoms with E-state index in [2.05, 4.69) is 52.2 Å². The molecule has 1 fully saturated rings. The van der Waals surface area contributed by atoms with Crippen LogP contribution in [0.4, 0.5) is 0 Å². The number of rotatable bonds is 5. The number of nitrogens with one attached hydrogen (secondary N) is 1. The van der Waals surface area contributed by atoms with Crippen molar-refractivity contribution in [3.63, 3.8) is 0 Å². The van der Waals surface area contributed by atoms with Crippen molar-refractivity contribution < 1.29 is 0 Å². The van der Waals surface area contributed by atoms with E-state index in [1.807, 2.05) is 0 Å². The SMILES string of the molecule is CNC(Cc1c(C)cc(C)cc1C)C(C)C1CC1. The molecule has 0 aromatic heterocycles. The smallest absolute Gasteiger partial charge is 0.0133 e. The number of likely N-dealkylation sites (N-methyl/N-ethyl adjacent to an activating group) is 1. The fourth-order valence-corrected chi connectivity index (χ4v) is 3.25. The van der Waals surface area contributed by atoms with Gasteiger partial charge in [0.2, 0.25) is 0 Å². The second-order valence-corrected chi connectivity index (χ2v) is 6.17. The molecule has 0 spiro atoms. The first-order valence-electron chi connectivity index (χ1n) is 7.27. The van der Waals surface area contributed by atoms with Gasteiger partial charge in [-0.05, 0) is 75.6 Å². The first-order chi connectivity index (χ1) is 8.52. The Morgan fingerprint density at radius 1 is 1.17 bits per heavy atom. The standard InChI is InChI=1S/C17H27N/c1-11-8-12(2)16(13(3)9-11)10-17(18-5)14(4)15-6-7-15/h8-9,14-15,17-18H,6-7,10H2,1-5H3. The van der Waals surface area contributed by atoms with E-state index in [0.717, 1.165) is 11.8 Å². The lowest BCUT2D eigenvalue weighted by molar-refractivity contribution is 0.357. The third-order valence-corrected chi connectivity index (χ3v) is 4.64. The van der Waals surface area contributed by atoms with Crippen LogP contribution in [0, 0.1) is 32.6 Å². The first kappa shape index (κ1) is 13.6. The summed E-state index contributed by atoms with van der Waals surface area (Å²) < 4.78 is 0. The molecule has 1 N–H and O–H groups in total. The summed E-state index contributed by atoms with van der Waals surface area (Å²) in [5, 5.41) is 3.54. The molecule has 1 aromatic carbocycles. The molecule has 1 heteroatoms. The Bertz CT molecular complexity index is 395. The van der Waals surface area contributed by atoms with Gasteiger partial charge in [0.05, 0.1) is 0 Å². The molecule has 0 heterocycles. The topological polar surface area (TPSA) is 12.0 Å². The zero-order valence-corrected chi connectivity index (χ0v) is 12.5. The molecule has 2 unspecified atom stereocenters. The Balaban J connectivity index is 2.16. The minimum Gasteiger partial charge on any atom is -0.316 e. The Morgan fingerprint density at radius 3 is 2.17 bits per heavy atom. The maximum atomic E-state index is 3.54. The minimum absolute atomic E-state index is 0.623. The summed E-state index contributed by atoms with van der Waals surface area (Å²) in [6.07, 6.45) is 4.04. The Morgan fingerprint density at radius 2 is 1.72 bits per heavy atom. The molecule has 0 amide bonds. The second-order valence-electron chi connectivity index (χ2n) is 6.17. The van der Waals surface area contributed by atoms with Gasteiger partial charge in [-0.1, -0.05) is 24.6 Å². The van der Waals surface area contributed by atoms with Gasteiger partial charge in [-0.25, -0.2) is 0 Å². The molecule has 2 rings (SSSR count). The molecule has 0 radical (unpaired) electrons. The van der Waals surface area contributed by atoms with Crippen molar-refractivity contribution in [2.24, 2.45) is 11.8 Å². The number of benzene rings is 1. The highest BCUT2D eigenvalue weighted by molar-refractivity contribution is 5.38. The molecule has 0 aliphatic heterocycles.